The molecular weight excluding hydrogens is 251 g/mol. The van der Waals surface area contributed by atoms with E-state index in [4.69, 9.17) is 9.84 Å². The molecule has 2 aromatic rings. The van der Waals surface area contributed by atoms with Gasteiger partial charge in [-0.05, 0) is 25.1 Å². The van der Waals surface area contributed by atoms with Crippen molar-refractivity contribution in [3.8, 4) is 5.88 Å². The molecule has 2 heterocycles. The lowest BCUT2D eigenvalue weighted by molar-refractivity contribution is 0.0687. The highest BCUT2D eigenvalue weighted by molar-refractivity contribution is 5.90. The van der Waals surface area contributed by atoms with Gasteiger partial charge >= 0.3 is 5.97 Å². The van der Waals surface area contributed by atoms with Crippen LogP contribution < -0.4 is 4.74 Å². The Kier molecular flexibility index (Phi) is 3.70. The Bertz CT molecular complexity index is 590. The average molecular weight is 262 g/mol. The number of ether oxygens (including phenoxy) is 1. The van der Waals surface area contributed by atoms with Gasteiger partial charge in [-0.3, -0.25) is 4.98 Å². The minimum atomic E-state index is -1.30. The SMILES string of the molecule is C[C@@H](Oc1ncc(F)cc1C(=O)O)c1ccccn1. The predicted octanol–water partition coefficient (Wildman–Crippen LogP) is 2.45. The van der Waals surface area contributed by atoms with Gasteiger partial charge in [0.2, 0.25) is 5.88 Å². The number of hydrogen-bond donors (Lipinski definition) is 1. The van der Waals surface area contributed by atoms with Gasteiger partial charge in [-0.2, -0.15) is 0 Å². The van der Waals surface area contributed by atoms with Crippen molar-refractivity contribution in [3.63, 3.8) is 0 Å². The second-order valence-corrected chi connectivity index (χ2v) is 3.83. The second-order valence-electron chi connectivity index (χ2n) is 3.83. The lowest BCUT2D eigenvalue weighted by Gasteiger charge is -2.14. The summed E-state index contributed by atoms with van der Waals surface area (Å²) in [6.45, 7) is 1.71. The minimum absolute atomic E-state index is 0.132. The standard InChI is InChI=1S/C13H11FN2O3/c1-8(11-4-2-3-5-15-11)19-12-10(13(17)18)6-9(14)7-16-12/h2-8H,1H3,(H,17,18)/t8-/m1/s1. The van der Waals surface area contributed by atoms with Gasteiger partial charge in [0.15, 0.2) is 0 Å². The molecular formula is C13H11FN2O3. The maximum Gasteiger partial charge on any atom is 0.341 e. The van der Waals surface area contributed by atoms with Gasteiger partial charge in [0.1, 0.15) is 17.5 Å². The van der Waals surface area contributed by atoms with Crippen molar-refractivity contribution >= 4 is 5.97 Å². The van der Waals surface area contributed by atoms with E-state index in [-0.39, 0.29) is 11.4 Å². The summed E-state index contributed by atoms with van der Waals surface area (Å²) in [6, 6.07) is 6.16. The molecule has 5 nitrogen and oxygen atoms in total. The van der Waals surface area contributed by atoms with Crippen LogP contribution in [0.2, 0.25) is 0 Å². The zero-order chi connectivity index (χ0) is 13.8. The largest absolute Gasteiger partial charge is 0.477 e. The van der Waals surface area contributed by atoms with Crippen LogP contribution in [0.3, 0.4) is 0 Å². The monoisotopic (exact) mass is 262 g/mol. The van der Waals surface area contributed by atoms with E-state index in [2.05, 4.69) is 9.97 Å². The van der Waals surface area contributed by atoms with Crippen molar-refractivity contribution in [2.75, 3.05) is 0 Å². The molecule has 0 bridgehead atoms. The van der Waals surface area contributed by atoms with Crippen LogP contribution in [0.15, 0.2) is 36.7 Å². The van der Waals surface area contributed by atoms with E-state index in [1.54, 1.807) is 31.3 Å². The van der Waals surface area contributed by atoms with E-state index in [9.17, 15) is 9.18 Å². The van der Waals surface area contributed by atoms with E-state index < -0.39 is 17.9 Å². The van der Waals surface area contributed by atoms with Crippen LogP contribution in [-0.4, -0.2) is 21.0 Å². The number of carboxylic acids is 1. The maximum atomic E-state index is 13.0. The molecule has 98 valence electrons. The zero-order valence-electron chi connectivity index (χ0n) is 10.1. The van der Waals surface area contributed by atoms with Gasteiger partial charge in [0, 0.05) is 6.20 Å². The van der Waals surface area contributed by atoms with Gasteiger partial charge in [0.25, 0.3) is 0 Å². The molecule has 0 aliphatic carbocycles. The molecule has 0 fully saturated rings. The molecule has 6 heteroatoms. The van der Waals surface area contributed by atoms with E-state index in [0.29, 0.717) is 5.69 Å². The van der Waals surface area contributed by atoms with Gasteiger partial charge < -0.3 is 9.84 Å². The third-order valence-electron chi connectivity index (χ3n) is 2.44. The molecule has 0 saturated carbocycles. The number of carboxylic acid groups (broad SMARTS) is 1. The molecule has 1 atom stereocenters. The number of nitrogens with zero attached hydrogens (tertiary/aromatic N) is 2. The Morgan fingerprint density at radius 2 is 2.21 bits per heavy atom. The summed E-state index contributed by atoms with van der Waals surface area (Å²) in [4.78, 5) is 18.7. The number of halogens is 1. The summed E-state index contributed by atoms with van der Waals surface area (Å²) >= 11 is 0. The fourth-order valence-corrected chi connectivity index (χ4v) is 1.52. The number of pyridine rings is 2. The highest BCUT2D eigenvalue weighted by Gasteiger charge is 2.17. The third kappa shape index (κ3) is 3.04. The number of rotatable bonds is 4. The fraction of sp³-hybridized carbons (Fsp3) is 0.154. The molecule has 0 amide bonds. The normalized spacial score (nSPS) is 11.9. The summed E-state index contributed by atoms with van der Waals surface area (Å²) < 4.78 is 18.4. The zero-order valence-corrected chi connectivity index (χ0v) is 10.1. The molecule has 19 heavy (non-hydrogen) atoms. The molecule has 0 saturated heterocycles. The fourth-order valence-electron chi connectivity index (χ4n) is 1.52. The first-order valence-electron chi connectivity index (χ1n) is 5.54. The van der Waals surface area contributed by atoms with E-state index >= 15 is 0 Å². The molecule has 0 spiro atoms. The summed E-state index contributed by atoms with van der Waals surface area (Å²) in [5, 5.41) is 8.97. The van der Waals surface area contributed by atoms with Crippen LogP contribution in [0.25, 0.3) is 0 Å². The van der Waals surface area contributed by atoms with Crippen molar-refractivity contribution < 1.29 is 19.0 Å². The Morgan fingerprint density at radius 1 is 1.42 bits per heavy atom. The second kappa shape index (κ2) is 5.43. The van der Waals surface area contributed by atoms with E-state index in [1.165, 1.54) is 0 Å². The third-order valence-corrected chi connectivity index (χ3v) is 2.44. The van der Waals surface area contributed by atoms with Crippen molar-refractivity contribution in [2.45, 2.75) is 13.0 Å². The highest BCUT2D eigenvalue weighted by atomic mass is 19.1. The summed E-state index contributed by atoms with van der Waals surface area (Å²) in [5.41, 5.74) is 0.313. The topological polar surface area (TPSA) is 72.3 Å². The highest BCUT2D eigenvalue weighted by Crippen LogP contribution is 2.22. The first-order valence-corrected chi connectivity index (χ1v) is 5.54. The van der Waals surface area contributed by atoms with Crippen LogP contribution in [0.1, 0.15) is 29.1 Å². The number of aromatic nitrogens is 2. The van der Waals surface area contributed by atoms with Gasteiger partial charge in [0.05, 0.1) is 11.9 Å². The Hall–Kier alpha value is -2.50. The Balaban J connectivity index is 2.26. The quantitative estimate of drug-likeness (QED) is 0.916. The Morgan fingerprint density at radius 3 is 2.84 bits per heavy atom. The molecule has 2 aromatic heterocycles. The van der Waals surface area contributed by atoms with Gasteiger partial charge in [-0.25, -0.2) is 14.2 Å². The number of carbonyl (C=O) groups is 1. The first kappa shape index (κ1) is 12.9. The van der Waals surface area contributed by atoms with Crippen molar-refractivity contribution in [3.05, 3.63) is 53.7 Å². The van der Waals surface area contributed by atoms with Crippen LogP contribution in [0.4, 0.5) is 4.39 Å². The van der Waals surface area contributed by atoms with E-state index in [0.717, 1.165) is 12.3 Å². The molecule has 0 aromatic carbocycles. The number of hydrogen-bond acceptors (Lipinski definition) is 4. The number of aromatic carboxylic acids is 1. The summed E-state index contributed by atoms with van der Waals surface area (Å²) in [5.74, 6) is -2.16. The molecule has 0 radical (unpaired) electrons. The van der Waals surface area contributed by atoms with Gasteiger partial charge in [-0.1, -0.05) is 6.07 Å². The predicted molar refractivity (Wildman–Crippen MR) is 64.4 cm³/mol. The average Bonchev–Trinajstić information content (AvgIpc) is 2.41. The molecule has 1 N–H and O–H groups in total. The van der Waals surface area contributed by atoms with Crippen LogP contribution >= 0.6 is 0 Å². The van der Waals surface area contributed by atoms with Crippen molar-refractivity contribution in [2.24, 2.45) is 0 Å². The van der Waals surface area contributed by atoms with Gasteiger partial charge in [-0.15, -0.1) is 0 Å². The molecule has 0 aliphatic heterocycles. The maximum absolute atomic E-state index is 13.0. The lowest BCUT2D eigenvalue weighted by Crippen LogP contribution is -2.10. The Labute approximate surface area is 108 Å². The van der Waals surface area contributed by atoms with Crippen LogP contribution in [0.5, 0.6) is 5.88 Å². The smallest absolute Gasteiger partial charge is 0.341 e. The van der Waals surface area contributed by atoms with Crippen LogP contribution in [0, 0.1) is 5.82 Å². The molecule has 2 rings (SSSR count). The van der Waals surface area contributed by atoms with Crippen LogP contribution in [-0.2, 0) is 0 Å². The van der Waals surface area contributed by atoms with Crippen molar-refractivity contribution in [1.29, 1.82) is 0 Å². The molecule has 0 unspecified atom stereocenters. The van der Waals surface area contributed by atoms with Crippen molar-refractivity contribution in [1.82, 2.24) is 9.97 Å². The first-order chi connectivity index (χ1) is 9.08. The minimum Gasteiger partial charge on any atom is -0.477 e. The molecule has 0 aliphatic rings. The summed E-state index contributed by atoms with van der Waals surface area (Å²) in [7, 11) is 0. The summed E-state index contributed by atoms with van der Waals surface area (Å²) in [6.07, 6.45) is 2.02. The van der Waals surface area contributed by atoms with E-state index in [1.807, 2.05) is 0 Å². The lowest BCUT2D eigenvalue weighted by atomic mass is 10.2.